The molecule has 1 heterocycles. The topological polar surface area (TPSA) is 74.7 Å². The first-order valence-corrected chi connectivity index (χ1v) is 6.46. The summed E-state index contributed by atoms with van der Waals surface area (Å²) in [6.07, 6.45) is 2.09. The fourth-order valence-corrected chi connectivity index (χ4v) is 1.97. The standard InChI is InChI=1S/C11H16N4S/c1-8(7-16-2)6-14-11-4-3-9(13)10(5-12)15-11/h3-4,8H,6-7,13H2,1-2H3,(H,14,15). The summed E-state index contributed by atoms with van der Waals surface area (Å²) in [4.78, 5) is 4.12. The molecule has 5 heteroatoms. The molecular formula is C11H16N4S. The molecular weight excluding hydrogens is 220 g/mol. The number of hydrogen-bond acceptors (Lipinski definition) is 5. The summed E-state index contributed by atoms with van der Waals surface area (Å²) in [5.74, 6) is 2.38. The maximum Gasteiger partial charge on any atom is 0.165 e. The highest BCUT2D eigenvalue weighted by Crippen LogP contribution is 2.13. The van der Waals surface area contributed by atoms with Crippen LogP contribution in [0.2, 0.25) is 0 Å². The van der Waals surface area contributed by atoms with Crippen molar-refractivity contribution in [2.24, 2.45) is 5.92 Å². The van der Waals surface area contributed by atoms with Crippen LogP contribution < -0.4 is 11.1 Å². The van der Waals surface area contributed by atoms with Crippen LogP contribution in [-0.4, -0.2) is 23.5 Å². The van der Waals surface area contributed by atoms with Crippen molar-refractivity contribution in [1.82, 2.24) is 4.98 Å². The van der Waals surface area contributed by atoms with Gasteiger partial charge in [0.05, 0.1) is 5.69 Å². The van der Waals surface area contributed by atoms with E-state index in [1.807, 2.05) is 17.8 Å². The van der Waals surface area contributed by atoms with Crippen LogP contribution in [0.15, 0.2) is 12.1 Å². The zero-order chi connectivity index (χ0) is 12.0. The number of aromatic nitrogens is 1. The summed E-state index contributed by atoms with van der Waals surface area (Å²) in [5.41, 5.74) is 6.29. The first-order chi connectivity index (χ1) is 7.67. The quantitative estimate of drug-likeness (QED) is 0.817. The van der Waals surface area contributed by atoms with Gasteiger partial charge in [-0.05, 0) is 30.1 Å². The lowest BCUT2D eigenvalue weighted by Gasteiger charge is -2.11. The third-order valence-electron chi connectivity index (χ3n) is 2.12. The third-order valence-corrected chi connectivity index (χ3v) is 3.02. The van der Waals surface area contributed by atoms with E-state index in [0.29, 0.717) is 17.4 Å². The van der Waals surface area contributed by atoms with E-state index < -0.39 is 0 Å². The Kier molecular flexibility index (Phi) is 4.93. The smallest absolute Gasteiger partial charge is 0.165 e. The second kappa shape index (κ2) is 6.23. The van der Waals surface area contributed by atoms with Crippen LogP contribution in [0.1, 0.15) is 12.6 Å². The molecule has 0 bridgehead atoms. The van der Waals surface area contributed by atoms with Crippen molar-refractivity contribution in [3.05, 3.63) is 17.8 Å². The number of pyridine rings is 1. The Morgan fingerprint density at radius 1 is 1.62 bits per heavy atom. The fraction of sp³-hybridized carbons (Fsp3) is 0.455. The molecule has 0 saturated carbocycles. The van der Waals surface area contributed by atoms with Crippen molar-refractivity contribution < 1.29 is 0 Å². The predicted molar refractivity (Wildman–Crippen MR) is 69.4 cm³/mol. The van der Waals surface area contributed by atoms with E-state index in [1.165, 1.54) is 0 Å². The summed E-state index contributed by atoms with van der Waals surface area (Å²) in [7, 11) is 0. The molecule has 0 radical (unpaired) electrons. The van der Waals surface area contributed by atoms with E-state index in [2.05, 4.69) is 23.5 Å². The molecule has 0 aliphatic heterocycles. The van der Waals surface area contributed by atoms with Gasteiger partial charge >= 0.3 is 0 Å². The maximum atomic E-state index is 8.78. The third kappa shape index (κ3) is 3.63. The minimum Gasteiger partial charge on any atom is -0.396 e. The molecule has 0 saturated heterocycles. The number of nitrogens with one attached hydrogen (secondary N) is 1. The summed E-state index contributed by atoms with van der Waals surface area (Å²) >= 11 is 1.82. The van der Waals surface area contributed by atoms with Crippen LogP contribution in [0.3, 0.4) is 0 Å². The number of nitriles is 1. The Balaban J connectivity index is 2.58. The van der Waals surface area contributed by atoms with Gasteiger partial charge in [-0.1, -0.05) is 6.92 Å². The first kappa shape index (κ1) is 12.7. The van der Waals surface area contributed by atoms with E-state index in [1.54, 1.807) is 12.1 Å². The minimum atomic E-state index is 0.280. The molecule has 3 N–H and O–H groups in total. The van der Waals surface area contributed by atoms with Gasteiger partial charge in [-0.15, -0.1) is 0 Å². The molecule has 4 nitrogen and oxygen atoms in total. The van der Waals surface area contributed by atoms with Gasteiger partial charge < -0.3 is 11.1 Å². The molecule has 0 fully saturated rings. The number of nitrogen functional groups attached to an aromatic ring is 1. The van der Waals surface area contributed by atoms with Crippen molar-refractivity contribution in [3.63, 3.8) is 0 Å². The van der Waals surface area contributed by atoms with Crippen molar-refractivity contribution in [2.75, 3.05) is 29.6 Å². The second-order valence-corrected chi connectivity index (χ2v) is 4.60. The highest BCUT2D eigenvalue weighted by Gasteiger charge is 2.04. The molecule has 0 aliphatic rings. The number of anilines is 2. The van der Waals surface area contributed by atoms with Gasteiger partial charge in [-0.25, -0.2) is 4.98 Å². The molecule has 0 amide bonds. The number of nitrogens with zero attached hydrogens (tertiary/aromatic N) is 2. The van der Waals surface area contributed by atoms with Crippen molar-refractivity contribution in [3.8, 4) is 6.07 Å². The average Bonchev–Trinajstić information content (AvgIpc) is 2.28. The van der Waals surface area contributed by atoms with Gasteiger partial charge in [0.1, 0.15) is 11.9 Å². The van der Waals surface area contributed by atoms with E-state index >= 15 is 0 Å². The molecule has 0 aromatic carbocycles. The number of rotatable bonds is 5. The summed E-state index contributed by atoms with van der Waals surface area (Å²) in [6.45, 7) is 3.02. The molecule has 1 atom stereocenters. The fourth-order valence-electron chi connectivity index (χ4n) is 1.28. The molecule has 86 valence electrons. The van der Waals surface area contributed by atoms with Crippen LogP contribution in [0.25, 0.3) is 0 Å². The van der Waals surface area contributed by atoms with Crippen molar-refractivity contribution in [2.45, 2.75) is 6.92 Å². The zero-order valence-corrected chi connectivity index (χ0v) is 10.3. The lowest BCUT2D eigenvalue weighted by molar-refractivity contribution is 0.699. The predicted octanol–water partition coefficient (Wildman–Crippen LogP) is 1.95. The molecule has 1 aromatic heterocycles. The normalized spacial score (nSPS) is 11.8. The summed E-state index contributed by atoms with van der Waals surface area (Å²) in [6, 6.07) is 5.46. The molecule has 1 aromatic rings. The van der Waals surface area contributed by atoms with Gasteiger partial charge in [-0.2, -0.15) is 17.0 Å². The lowest BCUT2D eigenvalue weighted by Crippen LogP contribution is -2.14. The van der Waals surface area contributed by atoms with Crippen LogP contribution in [-0.2, 0) is 0 Å². The Bertz CT molecular complexity index is 386. The SMILES string of the molecule is CSCC(C)CNc1ccc(N)c(C#N)n1. The lowest BCUT2D eigenvalue weighted by atomic mass is 10.2. The summed E-state index contributed by atoms with van der Waals surface area (Å²) < 4.78 is 0. The van der Waals surface area contributed by atoms with E-state index in [-0.39, 0.29) is 5.69 Å². The Labute approximate surface area is 100 Å². The second-order valence-electron chi connectivity index (χ2n) is 3.69. The number of thioether (sulfide) groups is 1. The zero-order valence-electron chi connectivity index (χ0n) is 9.53. The first-order valence-electron chi connectivity index (χ1n) is 5.06. The van der Waals surface area contributed by atoms with Gasteiger partial charge in [0.2, 0.25) is 0 Å². The summed E-state index contributed by atoms with van der Waals surface area (Å²) in [5, 5.41) is 12.0. The maximum absolute atomic E-state index is 8.78. The Morgan fingerprint density at radius 3 is 3.00 bits per heavy atom. The van der Waals surface area contributed by atoms with Gasteiger partial charge in [0.15, 0.2) is 5.69 Å². The van der Waals surface area contributed by atoms with Gasteiger partial charge in [0, 0.05) is 6.54 Å². The average molecular weight is 236 g/mol. The van der Waals surface area contributed by atoms with Crippen LogP contribution in [0, 0.1) is 17.2 Å². The molecule has 1 unspecified atom stereocenters. The number of nitrogens with two attached hydrogens (primary N) is 1. The van der Waals surface area contributed by atoms with Gasteiger partial charge in [0.25, 0.3) is 0 Å². The van der Waals surface area contributed by atoms with Gasteiger partial charge in [-0.3, -0.25) is 0 Å². The van der Waals surface area contributed by atoms with Crippen LogP contribution in [0.5, 0.6) is 0 Å². The Hall–Kier alpha value is -1.41. The minimum absolute atomic E-state index is 0.280. The van der Waals surface area contributed by atoms with E-state index in [4.69, 9.17) is 11.0 Å². The monoisotopic (exact) mass is 236 g/mol. The van der Waals surface area contributed by atoms with Crippen molar-refractivity contribution >= 4 is 23.3 Å². The largest absolute Gasteiger partial charge is 0.396 e. The molecule has 1 rings (SSSR count). The van der Waals surface area contributed by atoms with E-state index in [0.717, 1.165) is 12.3 Å². The Morgan fingerprint density at radius 2 is 2.38 bits per heavy atom. The molecule has 0 aliphatic carbocycles. The van der Waals surface area contributed by atoms with Crippen LogP contribution >= 0.6 is 11.8 Å². The molecule has 0 spiro atoms. The highest BCUT2D eigenvalue weighted by atomic mass is 32.2. The molecule has 16 heavy (non-hydrogen) atoms. The van der Waals surface area contributed by atoms with Crippen molar-refractivity contribution in [1.29, 1.82) is 5.26 Å². The van der Waals surface area contributed by atoms with E-state index in [9.17, 15) is 0 Å². The number of hydrogen-bond donors (Lipinski definition) is 2. The van der Waals surface area contributed by atoms with Crippen LogP contribution in [0.4, 0.5) is 11.5 Å². The highest BCUT2D eigenvalue weighted by molar-refractivity contribution is 7.98.